The number of halogens is 1. The Morgan fingerprint density at radius 3 is 2.50 bits per heavy atom. The maximum atomic E-state index is 14.2. The highest BCUT2D eigenvalue weighted by atomic mass is 32.2. The number of nitrogens with one attached hydrogen (secondary N) is 1. The number of hydrogen-bond acceptors (Lipinski definition) is 6. The van der Waals surface area contributed by atoms with Gasteiger partial charge in [0.1, 0.15) is 15.6 Å². The van der Waals surface area contributed by atoms with E-state index in [9.17, 15) is 26.0 Å². The summed E-state index contributed by atoms with van der Waals surface area (Å²) in [4.78, 5) is 12.4. The van der Waals surface area contributed by atoms with Gasteiger partial charge >= 0.3 is 0 Å². The first kappa shape index (κ1) is 22.6. The van der Waals surface area contributed by atoms with Crippen molar-refractivity contribution in [1.29, 1.82) is 0 Å². The second-order valence-electron chi connectivity index (χ2n) is 7.34. The maximum Gasteiger partial charge on any atom is 0.267 e. The molecule has 32 heavy (non-hydrogen) atoms. The number of thiophene rings is 1. The lowest BCUT2D eigenvalue weighted by Gasteiger charge is -2.28. The number of carbonyl (C=O) groups excluding carboxylic acids is 1. The number of sulfonamides is 1. The third-order valence-electron chi connectivity index (χ3n) is 5.16. The van der Waals surface area contributed by atoms with E-state index >= 15 is 0 Å². The summed E-state index contributed by atoms with van der Waals surface area (Å²) >= 11 is 0.910. The average molecular weight is 495 g/mol. The Hall–Kier alpha value is -2.60. The van der Waals surface area contributed by atoms with Gasteiger partial charge in [-0.15, -0.1) is 11.3 Å². The molecule has 1 amide bonds. The van der Waals surface area contributed by atoms with Crippen LogP contribution >= 0.6 is 11.3 Å². The third-order valence-corrected chi connectivity index (χ3v) is 9.20. The van der Waals surface area contributed by atoms with Gasteiger partial charge in [-0.05, 0) is 47.2 Å². The fourth-order valence-corrected chi connectivity index (χ4v) is 6.85. The van der Waals surface area contributed by atoms with Gasteiger partial charge in [0.2, 0.25) is 10.0 Å². The zero-order chi connectivity index (χ0) is 23.1. The van der Waals surface area contributed by atoms with Gasteiger partial charge in [0.05, 0.1) is 10.6 Å². The number of sulfone groups is 1. The molecule has 11 heteroatoms. The number of amides is 1. The number of nitrogens with zero attached hydrogens (tertiary/aromatic N) is 1. The van der Waals surface area contributed by atoms with Gasteiger partial charge in [0.15, 0.2) is 9.84 Å². The highest BCUT2D eigenvalue weighted by Crippen LogP contribution is 2.30. The number of fused-ring (bicyclic) bond motifs is 1. The van der Waals surface area contributed by atoms with Crippen LogP contribution in [0.2, 0.25) is 0 Å². The monoisotopic (exact) mass is 494 g/mol. The zero-order valence-corrected chi connectivity index (χ0v) is 19.4. The lowest BCUT2D eigenvalue weighted by molar-refractivity contribution is 0.102. The first-order chi connectivity index (χ1) is 15.1. The van der Waals surface area contributed by atoms with Gasteiger partial charge in [-0.3, -0.25) is 4.79 Å². The van der Waals surface area contributed by atoms with E-state index in [-0.39, 0.29) is 33.4 Å². The second kappa shape index (κ2) is 8.39. The normalized spacial score (nSPS) is 14.7. The molecule has 3 aromatic rings. The largest absolute Gasteiger partial charge is 0.319 e. The topological polar surface area (TPSA) is 101 Å². The number of carbonyl (C=O) groups is 1. The minimum atomic E-state index is -3.98. The molecule has 0 fully saturated rings. The summed E-state index contributed by atoms with van der Waals surface area (Å²) < 4.78 is 65.6. The van der Waals surface area contributed by atoms with Crippen molar-refractivity contribution < 1.29 is 26.0 Å². The van der Waals surface area contributed by atoms with Crippen LogP contribution in [-0.4, -0.2) is 39.8 Å². The van der Waals surface area contributed by atoms with E-state index in [4.69, 9.17) is 0 Å². The van der Waals surface area contributed by atoms with Crippen molar-refractivity contribution in [3.63, 3.8) is 0 Å². The van der Waals surface area contributed by atoms with Crippen LogP contribution in [0.3, 0.4) is 0 Å². The molecule has 0 saturated heterocycles. The summed E-state index contributed by atoms with van der Waals surface area (Å²) in [5, 5.41) is 3.78. The average Bonchev–Trinajstić information content (AvgIpc) is 3.25. The Morgan fingerprint density at radius 1 is 1.06 bits per heavy atom. The molecule has 1 N–H and O–H groups in total. The van der Waals surface area contributed by atoms with Crippen molar-refractivity contribution in [2.24, 2.45) is 0 Å². The lowest BCUT2D eigenvalue weighted by atomic mass is 10.0. The Morgan fingerprint density at radius 2 is 1.78 bits per heavy atom. The highest BCUT2D eigenvalue weighted by Gasteiger charge is 2.32. The molecule has 0 atom stereocenters. The predicted molar refractivity (Wildman–Crippen MR) is 120 cm³/mol. The lowest BCUT2D eigenvalue weighted by Crippen LogP contribution is -2.36. The Labute approximate surface area is 189 Å². The molecule has 2 heterocycles. The molecule has 2 aromatic carbocycles. The molecule has 0 bridgehead atoms. The van der Waals surface area contributed by atoms with E-state index in [1.165, 1.54) is 15.8 Å². The number of rotatable bonds is 5. The van der Waals surface area contributed by atoms with E-state index in [1.54, 1.807) is 0 Å². The van der Waals surface area contributed by atoms with Crippen molar-refractivity contribution in [3.05, 3.63) is 75.7 Å². The van der Waals surface area contributed by atoms with Crippen molar-refractivity contribution >= 4 is 42.8 Å². The quantitative estimate of drug-likeness (QED) is 0.549. The van der Waals surface area contributed by atoms with Crippen LogP contribution in [0.4, 0.5) is 10.1 Å². The maximum absolute atomic E-state index is 14.2. The Balaban J connectivity index is 1.62. The molecule has 1 aliphatic heterocycles. The van der Waals surface area contributed by atoms with Gasteiger partial charge < -0.3 is 5.32 Å². The highest BCUT2D eigenvalue weighted by molar-refractivity contribution is 7.90. The van der Waals surface area contributed by atoms with Crippen LogP contribution in [0.5, 0.6) is 0 Å². The summed E-state index contributed by atoms with van der Waals surface area (Å²) in [5.41, 5.74) is 1.65. The molecule has 7 nitrogen and oxygen atoms in total. The van der Waals surface area contributed by atoms with E-state index in [0.717, 1.165) is 46.9 Å². The van der Waals surface area contributed by atoms with Crippen LogP contribution in [0.1, 0.15) is 20.8 Å². The fourth-order valence-electron chi connectivity index (χ4n) is 3.49. The number of hydrogen-bond donors (Lipinski definition) is 1. The Bertz CT molecular complexity index is 1410. The van der Waals surface area contributed by atoms with Crippen LogP contribution < -0.4 is 5.32 Å². The zero-order valence-electron chi connectivity index (χ0n) is 16.9. The first-order valence-electron chi connectivity index (χ1n) is 9.53. The van der Waals surface area contributed by atoms with E-state index < -0.39 is 31.6 Å². The molecular weight excluding hydrogens is 475 g/mol. The molecule has 0 saturated carbocycles. The summed E-state index contributed by atoms with van der Waals surface area (Å²) in [6, 6.07) is 12.0. The van der Waals surface area contributed by atoms with Crippen LogP contribution in [0, 0.1) is 5.82 Å². The third kappa shape index (κ3) is 4.33. The van der Waals surface area contributed by atoms with Crippen molar-refractivity contribution in [2.45, 2.75) is 22.8 Å². The molecule has 0 aliphatic carbocycles. The number of benzene rings is 2. The van der Waals surface area contributed by atoms with Crippen LogP contribution in [0.15, 0.2) is 63.7 Å². The van der Waals surface area contributed by atoms with Gasteiger partial charge in [0, 0.05) is 19.3 Å². The van der Waals surface area contributed by atoms with Gasteiger partial charge in [-0.1, -0.05) is 24.3 Å². The van der Waals surface area contributed by atoms with Gasteiger partial charge in [-0.25, -0.2) is 21.2 Å². The van der Waals surface area contributed by atoms with Crippen LogP contribution in [0.25, 0.3) is 0 Å². The fraction of sp³-hybridized carbons (Fsp3) is 0.190. The SMILES string of the molecule is CS(=O)(=O)c1ccc(F)c(NC(=O)c2sccc2S(=O)(=O)N2CCc3ccccc3C2)c1. The van der Waals surface area contributed by atoms with Crippen LogP contribution in [-0.2, 0) is 32.8 Å². The molecule has 0 unspecified atom stereocenters. The predicted octanol–water partition coefficient (Wildman–Crippen LogP) is 3.29. The minimum Gasteiger partial charge on any atom is -0.319 e. The molecule has 0 radical (unpaired) electrons. The van der Waals surface area contributed by atoms with E-state index in [2.05, 4.69) is 5.32 Å². The minimum absolute atomic E-state index is 0.104. The summed E-state index contributed by atoms with van der Waals surface area (Å²) in [6.45, 7) is 0.474. The molecule has 0 spiro atoms. The smallest absolute Gasteiger partial charge is 0.267 e. The molecular formula is C21H19FN2O5S3. The van der Waals surface area contributed by atoms with Crippen molar-refractivity contribution in [3.8, 4) is 0 Å². The summed E-state index contributed by atoms with van der Waals surface area (Å²) in [6.07, 6.45) is 1.52. The first-order valence-corrected chi connectivity index (χ1v) is 13.7. The van der Waals surface area contributed by atoms with Crippen molar-refractivity contribution in [2.75, 3.05) is 18.1 Å². The van der Waals surface area contributed by atoms with Gasteiger partial charge in [-0.2, -0.15) is 4.31 Å². The molecule has 1 aromatic heterocycles. The molecule has 4 rings (SSSR count). The standard InChI is InChI=1S/C21H19FN2O5S3/c1-31(26,27)16-6-7-17(22)18(12-16)23-21(25)20-19(9-11-30-20)32(28,29)24-10-8-14-4-2-3-5-15(14)13-24/h2-7,9,11-12H,8,10,13H2,1H3,(H,23,25). The number of anilines is 1. The summed E-state index contributed by atoms with van der Waals surface area (Å²) in [7, 11) is -7.60. The van der Waals surface area contributed by atoms with Crippen molar-refractivity contribution in [1.82, 2.24) is 4.31 Å². The van der Waals surface area contributed by atoms with E-state index in [0.29, 0.717) is 6.42 Å². The summed E-state index contributed by atoms with van der Waals surface area (Å²) in [5.74, 6) is -1.67. The molecule has 168 valence electrons. The second-order valence-corrected chi connectivity index (χ2v) is 12.2. The molecule has 1 aliphatic rings. The Kier molecular flexibility index (Phi) is 5.93. The van der Waals surface area contributed by atoms with E-state index in [1.807, 2.05) is 24.3 Å². The van der Waals surface area contributed by atoms with Gasteiger partial charge in [0.25, 0.3) is 5.91 Å².